The van der Waals surface area contributed by atoms with Crippen molar-refractivity contribution in [1.29, 1.82) is 0 Å². The van der Waals surface area contributed by atoms with Crippen molar-refractivity contribution in [2.75, 3.05) is 0 Å². The summed E-state index contributed by atoms with van der Waals surface area (Å²) < 4.78 is 3.04. The van der Waals surface area contributed by atoms with Crippen molar-refractivity contribution < 1.29 is 0 Å². The maximum atomic E-state index is 12.5. The van der Waals surface area contributed by atoms with E-state index in [1.165, 1.54) is 4.57 Å². The number of hydrogen-bond acceptors (Lipinski definition) is 2. The molecule has 0 atom stereocenters. The molecule has 5 heteroatoms. The molecule has 19 heavy (non-hydrogen) atoms. The van der Waals surface area contributed by atoms with Crippen LogP contribution in [0, 0.1) is 8.34 Å². The SMILES string of the molecule is O=c1c2ccccc2[nH]c(=S)n1-c1ccc(I)cc1. The zero-order valence-corrected chi connectivity index (χ0v) is 12.7. The van der Waals surface area contributed by atoms with Gasteiger partial charge in [-0.05, 0) is 71.2 Å². The van der Waals surface area contributed by atoms with E-state index < -0.39 is 0 Å². The lowest BCUT2D eigenvalue weighted by molar-refractivity contribution is 0.940. The van der Waals surface area contributed by atoms with Gasteiger partial charge < -0.3 is 4.98 Å². The second kappa shape index (κ2) is 4.90. The number of aromatic amines is 1. The molecule has 94 valence electrons. The molecule has 0 saturated heterocycles. The summed E-state index contributed by atoms with van der Waals surface area (Å²) in [4.78, 5) is 15.6. The van der Waals surface area contributed by atoms with Crippen molar-refractivity contribution in [2.45, 2.75) is 0 Å². The van der Waals surface area contributed by atoms with Gasteiger partial charge in [0.25, 0.3) is 5.56 Å². The van der Waals surface area contributed by atoms with E-state index in [1.54, 1.807) is 6.07 Å². The van der Waals surface area contributed by atoms with Gasteiger partial charge >= 0.3 is 0 Å². The average molecular weight is 380 g/mol. The van der Waals surface area contributed by atoms with Crippen molar-refractivity contribution in [1.82, 2.24) is 9.55 Å². The predicted octanol–water partition coefficient (Wildman–Crippen LogP) is 3.65. The van der Waals surface area contributed by atoms with Crippen LogP contribution in [0.3, 0.4) is 0 Å². The minimum absolute atomic E-state index is 0.0967. The number of benzene rings is 2. The third-order valence-electron chi connectivity index (χ3n) is 2.89. The maximum Gasteiger partial charge on any atom is 0.266 e. The lowest BCUT2D eigenvalue weighted by Crippen LogP contribution is -2.20. The average Bonchev–Trinajstić information content (AvgIpc) is 2.41. The molecule has 0 aliphatic carbocycles. The van der Waals surface area contributed by atoms with Crippen LogP contribution in [-0.2, 0) is 0 Å². The van der Waals surface area contributed by atoms with Crippen molar-refractivity contribution in [3.63, 3.8) is 0 Å². The molecule has 3 nitrogen and oxygen atoms in total. The summed E-state index contributed by atoms with van der Waals surface area (Å²) in [7, 11) is 0. The normalized spacial score (nSPS) is 10.8. The van der Waals surface area contributed by atoms with Gasteiger partial charge in [0.15, 0.2) is 4.77 Å². The molecule has 0 saturated carbocycles. The molecule has 0 spiro atoms. The van der Waals surface area contributed by atoms with Crippen LogP contribution in [0.4, 0.5) is 0 Å². The molecule has 1 aromatic heterocycles. The van der Waals surface area contributed by atoms with E-state index in [4.69, 9.17) is 12.2 Å². The number of para-hydroxylation sites is 1. The first-order valence-corrected chi connectivity index (χ1v) is 7.15. The fourth-order valence-corrected chi connectivity index (χ4v) is 2.64. The van der Waals surface area contributed by atoms with E-state index in [0.717, 1.165) is 14.8 Å². The Bertz CT molecular complexity index is 865. The van der Waals surface area contributed by atoms with Crippen molar-refractivity contribution >= 4 is 45.7 Å². The molecule has 3 rings (SSSR count). The molecule has 1 N–H and O–H groups in total. The predicted molar refractivity (Wildman–Crippen MR) is 87.4 cm³/mol. The minimum atomic E-state index is -0.0967. The van der Waals surface area contributed by atoms with Crippen LogP contribution in [0.15, 0.2) is 53.3 Å². The molecule has 2 aromatic carbocycles. The lowest BCUT2D eigenvalue weighted by Gasteiger charge is -2.08. The first kappa shape index (κ1) is 12.6. The highest BCUT2D eigenvalue weighted by Gasteiger charge is 2.06. The molecule has 0 bridgehead atoms. The monoisotopic (exact) mass is 380 g/mol. The Kier molecular flexibility index (Phi) is 3.24. The maximum absolute atomic E-state index is 12.5. The number of aromatic nitrogens is 2. The Morgan fingerprint density at radius 3 is 2.47 bits per heavy atom. The second-order valence-electron chi connectivity index (χ2n) is 4.09. The largest absolute Gasteiger partial charge is 0.331 e. The number of rotatable bonds is 1. The lowest BCUT2D eigenvalue weighted by atomic mass is 10.2. The van der Waals surface area contributed by atoms with Crippen LogP contribution in [0.5, 0.6) is 0 Å². The Morgan fingerprint density at radius 2 is 1.74 bits per heavy atom. The topological polar surface area (TPSA) is 37.8 Å². The summed E-state index contributed by atoms with van der Waals surface area (Å²) in [6.45, 7) is 0. The number of H-pyrrole nitrogens is 1. The van der Waals surface area contributed by atoms with Crippen molar-refractivity contribution in [3.8, 4) is 5.69 Å². The summed E-state index contributed by atoms with van der Waals surface area (Å²) in [6, 6.07) is 15.1. The molecule has 0 unspecified atom stereocenters. The van der Waals surface area contributed by atoms with Gasteiger partial charge in [0.05, 0.1) is 16.6 Å². The highest BCUT2D eigenvalue weighted by atomic mass is 127. The van der Waals surface area contributed by atoms with E-state index in [-0.39, 0.29) is 5.56 Å². The smallest absolute Gasteiger partial charge is 0.266 e. The van der Waals surface area contributed by atoms with E-state index in [2.05, 4.69) is 27.6 Å². The van der Waals surface area contributed by atoms with Crippen LogP contribution >= 0.6 is 34.8 Å². The molecular weight excluding hydrogens is 371 g/mol. The number of halogens is 1. The number of fused-ring (bicyclic) bond motifs is 1. The molecule has 3 aromatic rings. The Balaban J connectivity index is 2.39. The Hall–Kier alpha value is -1.47. The highest BCUT2D eigenvalue weighted by molar-refractivity contribution is 14.1. The second-order valence-corrected chi connectivity index (χ2v) is 5.73. The fourth-order valence-electron chi connectivity index (χ4n) is 1.99. The third-order valence-corrected chi connectivity index (χ3v) is 3.89. The van der Waals surface area contributed by atoms with E-state index in [0.29, 0.717) is 10.2 Å². The third kappa shape index (κ3) is 2.23. The molecular formula is C14H9IN2OS. The molecule has 1 heterocycles. The van der Waals surface area contributed by atoms with Crippen LogP contribution in [-0.4, -0.2) is 9.55 Å². The van der Waals surface area contributed by atoms with Gasteiger partial charge in [0, 0.05) is 3.57 Å². The molecule has 0 amide bonds. The van der Waals surface area contributed by atoms with Crippen LogP contribution in [0.2, 0.25) is 0 Å². The summed E-state index contributed by atoms with van der Waals surface area (Å²) in [5.41, 5.74) is 1.44. The molecule has 0 aliphatic heterocycles. The molecule has 0 fully saturated rings. The van der Waals surface area contributed by atoms with Gasteiger partial charge in [-0.15, -0.1) is 0 Å². The summed E-state index contributed by atoms with van der Waals surface area (Å²) in [5.74, 6) is 0. The van der Waals surface area contributed by atoms with Gasteiger partial charge in [-0.3, -0.25) is 9.36 Å². The molecule has 0 radical (unpaired) electrons. The first-order chi connectivity index (χ1) is 9.16. The zero-order chi connectivity index (χ0) is 13.4. The van der Waals surface area contributed by atoms with Crippen LogP contribution < -0.4 is 5.56 Å². The van der Waals surface area contributed by atoms with Gasteiger partial charge in [-0.25, -0.2) is 0 Å². The van der Waals surface area contributed by atoms with Crippen molar-refractivity contribution in [3.05, 3.63) is 67.2 Å². The van der Waals surface area contributed by atoms with Crippen LogP contribution in [0.1, 0.15) is 0 Å². The number of hydrogen-bond donors (Lipinski definition) is 1. The number of nitrogens with one attached hydrogen (secondary N) is 1. The van der Waals surface area contributed by atoms with Gasteiger partial charge in [0.2, 0.25) is 0 Å². The summed E-state index contributed by atoms with van der Waals surface area (Å²) in [5, 5.41) is 0.634. The standard InChI is InChI=1S/C14H9IN2OS/c15-9-5-7-10(8-6-9)17-13(18)11-3-1-2-4-12(11)16-14(17)19/h1-8H,(H,16,19). The molecule has 0 aliphatic rings. The summed E-state index contributed by atoms with van der Waals surface area (Å²) >= 11 is 7.51. The van der Waals surface area contributed by atoms with E-state index in [9.17, 15) is 4.79 Å². The first-order valence-electron chi connectivity index (χ1n) is 5.67. The van der Waals surface area contributed by atoms with E-state index in [1.807, 2.05) is 42.5 Å². The van der Waals surface area contributed by atoms with Crippen LogP contribution in [0.25, 0.3) is 16.6 Å². The van der Waals surface area contributed by atoms with E-state index >= 15 is 0 Å². The van der Waals surface area contributed by atoms with Gasteiger partial charge in [-0.1, -0.05) is 12.1 Å². The fraction of sp³-hybridized carbons (Fsp3) is 0. The highest BCUT2D eigenvalue weighted by Crippen LogP contribution is 2.12. The van der Waals surface area contributed by atoms with Gasteiger partial charge in [0.1, 0.15) is 0 Å². The Labute approximate surface area is 128 Å². The summed E-state index contributed by atoms with van der Waals surface area (Å²) in [6.07, 6.45) is 0. The van der Waals surface area contributed by atoms with Gasteiger partial charge in [-0.2, -0.15) is 0 Å². The number of nitrogens with zero attached hydrogens (tertiary/aromatic N) is 1. The zero-order valence-electron chi connectivity index (χ0n) is 9.76. The Morgan fingerprint density at radius 1 is 1.05 bits per heavy atom. The van der Waals surface area contributed by atoms with Crippen molar-refractivity contribution in [2.24, 2.45) is 0 Å². The quantitative estimate of drug-likeness (QED) is 0.517. The minimum Gasteiger partial charge on any atom is -0.331 e.